The Morgan fingerprint density at radius 2 is 1.79 bits per heavy atom. The normalized spacial score (nSPS) is 20.0. The maximum atomic E-state index is 12.9. The third-order valence-corrected chi connectivity index (χ3v) is 7.16. The molecule has 0 N–H and O–H groups in total. The van der Waals surface area contributed by atoms with Gasteiger partial charge in [-0.25, -0.2) is 0 Å². The summed E-state index contributed by atoms with van der Waals surface area (Å²) in [6.07, 6.45) is 7.51. The molecule has 2 fully saturated rings. The second-order valence-corrected chi connectivity index (χ2v) is 8.83. The summed E-state index contributed by atoms with van der Waals surface area (Å²) >= 11 is 12.0. The zero-order valence-electron chi connectivity index (χ0n) is 16.5. The van der Waals surface area contributed by atoms with Crippen LogP contribution in [0.25, 0.3) is 0 Å². The molecule has 0 aromatic heterocycles. The van der Waals surface area contributed by atoms with E-state index in [0.717, 1.165) is 18.4 Å². The van der Waals surface area contributed by atoms with Gasteiger partial charge in [-0.05, 0) is 56.2 Å². The van der Waals surface area contributed by atoms with E-state index in [9.17, 15) is 9.59 Å². The van der Waals surface area contributed by atoms with Crippen LogP contribution in [0.5, 0.6) is 0 Å². The smallest absolute Gasteiger partial charge is 0.312 e. The summed E-state index contributed by atoms with van der Waals surface area (Å²) < 4.78 is 5.48. The van der Waals surface area contributed by atoms with Gasteiger partial charge in [0.2, 0.25) is 5.91 Å². The summed E-state index contributed by atoms with van der Waals surface area (Å²) in [5.41, 5.74) is 0.436. The number of piperidine rings is 1. The first-order chi connectivity index (χ1) is 13.5. The predicted molar refractivity (Wildman–Crippen MR) is 112 cm³/mol. The van der Waals surface area contributed by atoms with Crippen LogP contribution in [0.3, 0.4) is 0 Å². The second kappa shape index (κ2) is 9.49. The SMILES string of the molecule is CCOC(=O)C1(C2CCCCC2)CCN(C(=O)Cc2ccc(Cl)c(Cl)c2)CC1. The number of benzene rings is 1. The molecule has 0 atom stereocenters. The molecule has 28 heavy (non-hydrogen) atoms. The van der Waals surface area contributed by atoms with Crippen LogP contribution in [0.1, 0.15) is 57.4 Å². The van der Waals surface area contributed by atoms with Crippen LogP contribution in [-0.4, -0.2) is 36.5 Å². The molecule has 1 amide bonds. The fourth-order valence-corrected chi connectivity index (χ4v) is 5.12. The van der Waals surface area contributed by atoms with Gasteiger partial charge in [-0.1, -0.05) is 48.5 Å². The number of hydrogen-bond acceptors (Lipinski definition) is 3. The van der Waals surface area contributed by atoms with Crippen molar-refractivity contribution in [1.29, 1.82) is 0 Å². The van der Waals surface area contributed by atoms with Crippen LogP contribution < -0.4 is 0 Å². The lowest BCUT2D eigenvalue weighted by molar-refractivity contribution is -0.166. The minimum atomic E-state index is -0.420. The molecule has 0 unspecified atom stereocenters. The summed E-state index contributed by atoms with van der Waals surface area (Å²) in [6.45, 7) is 3.49. The van der Waals surface area contributed by atoms with Crippen molar-refractivity contribution in [1.82, 2.24) is 4.90 Å². The lowest BCUT2D eigenvalue weighted by Crippen LogP contribution is -2.51. The number of carbonyl (C=O) groups is 2. The molecular weight excluding hydrogens is 397 g/mol. The summed E-state index contributed by atoms with van der Waals surface area (Å²) in [4.78, 5) is 27.6. The van der Waals surface area contributed by atoms with Gasteiger partial charge in [-0.2, -0.15) is 0 Å². The first-order valence-electron chi connectivity index (χ1n) is 10.3. The molecule has 0 spiro atoms. The molecule has 1 heterocycles. The molecule has 154 valence electrons. The highest BCUT2D eigenvalue weighted by Gasteiger charge is 2.49. The first kappa shape index (κ1) is 21.4. The van der Waals surface area contributed by atoms with Gasteiger partial charge in [0.25, 0.3) is 0 Å². The lowest BCUT2D eigenvalue weighted by Gasteiger charge is -2.46. The van der Waals surface area contributed by atoms with Gasteiger partial charge in [0.05, 0.1) is 28.5 Å². The summed E-state index contributed by atoms with van der Waals surface area (Å²) in [5.74, 6) is 0.394. The number of nitrogens with zero attached hydrogens (tertiary/aromatic N) is 1. The lowest BCUT2D eigenvalue weighted by atomic mass is 9.63. The van der Waals surface area contributed by atoms with E-state index < -0.39 is 5.41 Å². The monoisotopic (exact) mass is 425 g/mol. The van der Waals surface area contributed by atoms with Crippen LogP contribution in [0.2, 0.25) is 10.0 Å². The second-order valence-electron chi connectivity index (χ2n) is 8.02. The number of rotatable bonds is 5. The van der Waals surface area contributed by atoms with Crippen molar-refractivity contribution in [3.63, 3.8) is 0 Å². The highest BCUT2D eigenvalue weighted by Crippen LogP contribution is 2.46. The zero-order chi connectivity index (χ0) is 20.1. The van der Waals surface area contributed by atoms with E-state index in [1.807, 2.05) is 17.9 Å². The van der Waals surface area contributed by atoms with Gasteiger partial charge in [0.15, 0.2) is 0 Å². The summed E-state index contributed by atoms with van der Waals surface area (Å²) in [5, 5.41) is 0.951. The molecule has 1 saturated carbocycles. The summed E-state index contributed by atoms with van der Waals surface area (Å²) in [6, 6.07) is 5.30. The number of carbonyl (C=O) groups excluding carboxylic acids is 2. The van der Waals surface area contributed by atoms with Crippen molar-refractivity contribution in [2.45, 2.75) is 58.3 Å². The van der Waals surface area contributed by atoms with Crippen molar-refractivity contribution < 1.29 is 14.3 Å². The number of ether oxygens (including phenoxy) is 1. The predicted octanol–water partition coefficient (Wildman–Crippen LogP) is 5.29. The molecule has 3 rings (SSSR count). The third kappa shape index (κ3) is 4.65. The molecular formula is C22H29Cl2NO3. The first-order valence-corrected chi connectivity index (χ1v) is 11.1. The van der Waals surface area contributed by atoms with E-state index in [2.05, 4.69) is 0 Å². The molecule has 1 aromatic carbocycles. The average Bonchev–Trinajstić information content (AvgIpc) is 2.71. The van der Waals surface area contributed by atoms with Gasteiger partial charge in [-0.3, -0.25) is 9.59 Å². The Labute approximate surface area is 177 Å². The van der Waals surface area contributed by atoms with E-state index >= 15 is 0 Å². The van der Waals surface area contributed by atoms with E-state index in [4.69, 9.17) is 27.9 Å². The van der Waals surface area contributed by atoms with Crippen molar-refractivity contribution in [3.8, 4) is 0 Å². The fourth-order valence-electron chi connectivity index (χ4n) is 4.80. The van der Waals surface area contributed by atoms with Crippen LogP contribution in [0.15, 0.2) is 18.2 Å². The van der Waals surface area contributed by atoms with Crippen molar-refractivity contribution in [3.05, 3.63) is 33.8 Å². The number of halogens is 2. The summed E-state index contributed by atoms with van der Waals surface area (Å²) in [7, 11) is 0. The van der Waals surface area contributed by atoms with Crippen molar-refractivity contribution in [2.75, 3.05) is 19.7 Å². The molecule has 6 heteroatoms. The average molecular weight is 426 g/mol. The number of hydrogen-bond donors (Lipinski definition) is 0. The quantitative estimate of drug-likeness (QED) is 0.602. The largest absolute Gasteiger partial charge is 0.466 e. The molecule has 1 aromatic rings. The molecule has 1 aliphatic heterocycles. The minimum absolute atomic E-state index is 0.0570. The highest BCUT2D eigenvalue weighted by atomic mass is 35.5. The van der Waals surface area contributed by atoms with Crippen molar-refractivity contribution in [2.24, 2.45) is 11.3 Å². The Bertz CT molecular complexity index is 708. The zero-order valence-corrected chi connectivity index (χ0v) is 18.0. The minimum Gasteiger partial charge on any atom is -0.466 e. The number of esters is 1. The Kier molecular flexibility index (Phi) is 7.27. The van der Waals surface area contributed by atoms with E-state index in [-0.39, 0.29) is 11.9 Å². The third-order valence-electron chi connectivity index (χ3n) is 6.42. The van der Waals surface area contributed by atoms with E-state index in [0.29, 0.717) is 54.9 Å². The Balaban J connectivity index is 1.66. The maximum Gasteiger partial charge on any atom is 0.312 e. The topological polar surface area (TPSA) is 46.6 Å². The van der Waals surface area contributed by atoms with Crippen LogP contribution in [0, 0.1) is 11.3 Å². The van der Waals surface area contributed by atoms with E-state index in [1.165, 1.54) is 19.3 Å². The molecule has 4 nitrogen and oxygen atoms in total. The molecule has 0 bridgehead atoms. The van der Waals surface area contributed by atoms with E-state index in [1.54, 1.807) is 12.1 Å². The Morgan fingerprint density at radius 1 is 1.11 bits per heavy atom. The molecule has 1 saturated heterocycles. The van der Waals surface area contributed by atoms with Gasteiger partial charge in [0, 0.05) is 13.1 Å². The standard InChI is InChI=1S/C22H29Cl2NO3/c1-2-28-21(27)22(17-6-4-3-5-7-17)10-12-25(13-11-22)20(26)15-16-8-9-18(23)19(24)14-16/h8-9,14,17H,2-7,10-13,15H2,1H3. The van der Waals surface area contributed by atoms with Crippen LogP contribution in [-0.2, 0) is 20.7 Å². The van der Waals surface area contributed by atoms with Gasteiger partial charge >= 0.3 is 5.97 Å². The number of amides is 1. The van der Waals surface area contributed by atoms with Gasteiger partial charge in [-0.15, -0.1) is 0 Å². The highest BCUT2D eigenvalue weighted by molar-refractivity contribution is 6.42. The molecule has 2 aliphatic rings. The Hall–Kier alpha value is -1.26. The van der Waals surface area contributed by atoms with Gasteiger partial charge < -0.3 is 9.64 Å². The fraction of sp³-hybridized carbons (Fsp3) is 0.636. The van der Waals surface area contributed by atoms with Crippen molar-refractivity contribution >= 4 is 35.1 Å². The maximum absolute atomic E-state index is 12.9. The van der Waals surface area contributed by atoms with Gasteiger partial charge in [0.1, 0.15) is 0 Å². The van der Waals surface area contributed by atoms with Crippen LogP contribution >= 0.6 is 23.2 Å². The Morgan fingerprint density at radius 3 is 2.39 bits per heavy atom. The molecule has 1 aliphatic carbocycles. The van der Waals surface area contributed by atoms with Crippen LogP contribution in [0.4, 0.5) is 0 Å². The number of likely N-dealkylation sites (tertiary alicyclic amines) is 1. The molecule has 0 radical (unpaired) electrons.